The molecule has 1 amide bonds. The molecule has 8 heteroatoms. The van der Waals surface area contributed by atoms with Gasteiger partial charge in [0.15, 0.2) is 0 Å². The molecular formula is C27H30F2N4O2. The van der Waals surface area contributed by atoms with E-state index in [4.69, 9.17) is 4.74 Å². The van der Waals surface area contributed by atoms with Crippen molar-refractivity contribution in [2.45, 2.75) is 52.6 Å². The second-order valence-corrected chi connectivity index (χ2v) is 9.72. The van der Waals surface area contributed by atoms with Crippen molar-refractivity contribution in [2.75, 3.05) is 19.0 Å². The minimum absolute atomic E-state index is 0.0318. The molecule has 0 unspecified atom stereocenters. The van der Waals surface area contributed by atoms with E-state index in [-0.39, 0.29) is 28.1 Å². The summed E-state index contributed by atoms with van der Waals surface area (Å²) in [5.74, 6) is -0.384. The van der Waals surface area contributed by atoms with Crippen LogP contribution in [-0.4, -0.2) is 34.4 Å². The van der Waals surface area contributed by atoms with Crippen LogP contribution in [0.1, 0.15) is 67.8 Å². The molecule has 1 N–H and O–H groups in total. The fraction of sp³-hybridized carbons (Fsp3) is 0.370. The Hall–Kier alpha value is -3.55. The summed E-state index contributed by atoms with van der Waals surface area (Å²) >= 11 is 0. The summed E-state index contributed by atoms with van der Waals surface area (Å²) < 4.78 is 36.1. The Morgan fingerprint density at radius 1 is 1.14 bits per heavy atom. The van der Waals surface area contributed by atoms with Gasteiger partial charge in [-0.15, -0.1) is 0 Å². The standard InChI is InChI=1S/C27H30F2N4O2/c1-7-33-14-19-16(26(33)34)10-11-30-25(19)31-15(2)17-12-21(29)18(13-20(17)28)24-22(35-6)8-9-23(32-24)27(3,4)5/h8-13,15H,7,14H2,1-6H3,(H,30,31)/t15-/m0/s1. The minimum Gasteiger partial charge on any atom is -0.494 e. The molecule has 6 nitrogen and oxygen atoms in total. The number of anilines is 1. The van der Waals surface area contributed by atoms with Crippen molar-refractivity contribution in [3.63, 3.8) is 0 Å². The number of benzene rings is 1. The second-order valence-electron chi connectivity index (χ2n) is 9.72. The fourth-order valence-electron chi connectivity index (χ4n) is 4.25. The topological polar surface area (TPSA) is 67.3 Å². The maximum atomic E-state index is 15.4. The number of rotatable bonds is 6. The Morgan fingerprint density at radius 2 is 1.89 bits per heavy atom. The number of hydrogen-bond acceptors (Lipinski definition) is 5. The molecule has 3 heterocycles. The molecule has 0 fully saturated rings. The van der Waals surface area contributed by atoms with Gasteiger partial charge in [-0.25, -0.2) is 18.7 Å². The highest BCUT2D eigenvalue weighted by atomic mass is 19.1. The van der Waals surface area contributed by atoms with E-state index in [0.717, 1.165) is 17.3 Å². The van der Waals surface area contributed by atoms with Crippen molar-refractivity contribution < 1.29 is 18.3 Å². The predicted octanol–water partition coefficient (Wildman–Crippen LogP) is 5.88. The van der Waals surface area contributed by atoms with Crippen molar-refractivity contribution in [3.05, 3.63) is 70.5 Å². The molecule has 0 bridgehead atoms. The Labute approximate surface area is 204 Å². The predicted molar refractivity (Wildman–Crippen MR) is 132 cm³/mol. The number of carbonyl (C=O) groups is 1. The molecule has 0 spiro atoms. The highest BCUT2D eigenvalue weighted by molar-refractivity contribution is 5.99. The van der Waals surface area contributed by atoms with Crippen LogP contribution in [0, 0.1) is 11.6 Å². The summed E-state index contributed by atoms with van der Waals surface area (Å²) in [7, 11) is 1.47. The van der Waals surface area contributed by atoms with E-state index in [1.165, 1.54) is 13.2 Å². The van der Waals surface area contributed by atoms with Gasteiger partial charge in [-0.2, -0.15) is 0 Å². The SMILES string of the molecule is CCN1Cc2c(ccnc2N[C@@H](C)c2cc(F)c(-c3nc(C(C)(C)C)ccc3OC)cc2F)C1=O. The number of methoxy groups -OCH3 is 1. The molecule has 4 rings (SSSR count). The smallest absolute Gasteiger partial charge is 0.254 e. The molecule has 0 saturated carbocycles. The van der Waals surface area contributed by atoms with Crippen LogP contribution < -0.4 is 10.1 Å². The summed E-state index contributed by atoms with van der Waals surface area (Å²) in [5.41, 5.74) is 2.24. The van der Waals surface area contributed by atoms with Gasteiger partial charge >= 0.3 is 0 Å². The van der Waals surface area contributed by atoms with E-state index in [2.05, 4.69) is 15.3 Å². The highest BCUT2D eigenvalue weighted by Gasteiger charge is 2.30. The number of fused-ring (bicyclic) bond motifs is 1. The third-order valence-corrected chi connectivity index (χ3v) is 6.31. The summed E-state index contributed by atoms with van der Waals surface area (Å²) in [6.07, 6.45) is 1.55. The number of hydrogen-bond donors (Lipinski definition) is 1. The lowest BCUT2D eigenvalue weighted by Gasteiger charge is -2.21. The summed E-state index contributed by atoms with van der Waals surface area (Å²) in [4.78, 5) is 23.2. The molecule has 1 atom stereocenters. The maximum Gasteiger partial charge on any atom is 0.254 e. The van der Waals surface area contributed by atoms with Crippen LogP contribution in [0.4, 0.5) is 14.6 Å². The minimum atomic E-state index is -0.606. The van der Waals surface area contributed by atoms with Crippen molar-refractivity contribution in [1.29, 1.82) is 0 Å². The van der Waals surface area contributed by atoms with Crippen molar-refractivity contribution in [1.82, 2.24) is 14.9 Å². The van der Waals surface area contributed by atoms with E-state index in [9.17, 15) is 4.79 Å². The first-order chi connectivity index (χ1) is 16.5. The van der Waals surface area contributed by atoms with Crippen LogP contribution in [0.2, 0.25) is 0 Å². The molecule has 2 aromatic heterocycles. The third kappa shape index (κ3) is 4.57. The maximum absolute atomic E-state index is 15.4. The zero-order chi connectivity index (χ0) is 25.5. The van der Waals surface area contributed by atoms with E-state index in [0.29, 0.717) is 30.2 Å². The average Bonchev–Trinajstić information content (AvgIpc) is 3.15. The molecule has 1 aliphatic rings. The van der Waals surface area contributed by atoms with Crippen LogP contribution in [0.15, 0.2) is 36.5 Å². The van der Waals surface area contributed by atoms with Crippen LogP contribution >= 0.6 is 0 Å². The third-order valence-electron chi connectivity index (χ3n) is 6.31. The molecule has 0 radical (unpaired) electrons. The number of nitrogens with zero attached hydrogens (tertiary/aromatic N) is 3. The van der Waals surface area contributed by atoms with Crippen molar-refractivity contribution in [2.24, 2.45) is 0 Å². The Morgan fingerprint density at radius 3 is 2.54 bits per heavy atom. The first-order valence-electron chi connectivity index (χ1n) is 11.6. The average molecular weight is 481 g/mol. The Balaban J connectivity index is 1.68. The number of aromatic nitrogens is 2. The molecule has 0 saturated heterocycles. The number of pyridine rings is 2. The van der Waals surface area contributed by atoms with E-state index in [1.807, 2.05) is 33.8 Å². The lowest BCUT2D eigenvalue weighted by Crippen LogP contribution is -2.22. The number of carbonyl (C=O) groups excluding carboxylic acids is 1. The van der Waals surface area contributed by atoms with E-state index >= 15 is 8.78 Å². The van der Waals surface area contributed by atoms with E-state index in [1.54, 1.807) is 30.2 Å². The monoisotopic (exact) mass is 480 g/mol. The van der Waals surface area contributed by atoms with Crippen LogP contribution in [0.3, 0.4) is 0 Å². The molecule has 184 valence electrons. The molecule has 3 aromatic rings. The molecule has 1 aliphatic heterocycles. The Kier molecular flexibility index (Phi) is 6.49. The lowest BCUT2D eigenvalue weighted by molar-refractivity contribution is 0.0787. The highest BCUT2D eigenvalue weighted by Crippen LogP contribution is 2.36. The first-order valence-corrected chi connectivity index (χ1v) is 11.6. The largest absolute Gasteiger partial charge is 0.494 e. The summed E-state index contributed by atoms with van der Waals surface area (Å²) in [6, 6.07) is 6.97. The van der Waals surface area contributed by atoms with Gasteiger partial charge in [0, 0.05) is 46.1 Å². The van der Waals surface area contributed by atoms with Gasteiger partial charge in [0.05, 0.1) is 19.7 Å². The van der Waals surface area contributed by atoms with Gasteiger partial charge in [0.2, 0.25) is 0 Å². The molecule has 1 aromatic carbocycles. The van der Waals surface area contributed by atoms with Crippen LogP contribution in [-0.2, 0) is 12.0 Å². The van der Waals surface area contributed by atoms with Gasteiger partial charge in [0.25, 0.3) is 5.91 Å². The molecular weight excluding hydrogens is 450 g/mol. The number of halogens is 2. The second kappa shape index (κ2) is 9.24. The number of ether oxygens (including phenoxy) is 1. The molecule has 35 heavy (non-hydrogen) atoms. The van der Waals surface area contributed by atoms with Crippen molar-refractivity contribution in [3.8, 4) is 17.0 Å². The fourth-order valence-corrected chi connectivity index (χ4v) is 4.25. The van der Waals surface area contributed by atoms with Gasteiger partial charge < -0.3 is 15.0 Å². The van der Waals surface area contributed by atoms with Crippen LogP contribution in [0.5, 0.6) is 5.75 Å². The van der Waals surface area contributed by atoms with Gasteiger partial charge in [-0.3, -0.25) is 4.79 Å². The zero-order valence-corrected chi connectivity index (χ0v) is 20.9. The quantitative estimate of drug-likeness (QED) is 0.477. The van der Waals surface area contributed by atoms with Gasteiger partial charge in [0.1, 0.15) is 28.9 Å². The van der Waals surface area contributed by atoms with Gasteiger partial charge in [-0.1, -0.05) is 20.8 Å². The normalized spacial score (nSPS) is 14.2. The summed E-state index contributed by atoms with van der Waals surface area (Å²) in [6.45, 7) is 10.7. The molecule has 0 aliphatic carbocycles. The lowest BCUT2D eigenvalue weighted by atomic mass is 9.91. The first kappa shape index (κ1) is 24.6. The number of nitrogens with one attached hydrogen (secondary N) is 1. The zero-order valence-electron chi connectivity index (χ0n) is 20.9. The van der Waals surface area contributed by atoms with Crippen LogP contribution in [0.25, 0.3) is 11.3 Å². The Bertz CT molecular complexity index is 1290. The van der Waals surface area contributed by atoms with Crippen molar-refractivity contribution >= 4 is 11.7 Å². The summed E-state index contributed by atoms with van der Waals surface area (Å²) in [5, 5.41) is 3.17. The number of amides is 1. The van der Waals surface area contributed by atoms with E-state index < -0.39 is 17.7 Å². The van der Waals surface area contributed by atoms with Gasteiger partial charge in [-0.05, 0) is 44.2 Å².